The van der Waals surface area contributed by atoms with E-state index in [-0.39, 0.29) is 28.0 Å². The predicted molar refractivity (Wildman–Crippen MR) is 102 cm³/mol. The molecule has 0 fully saturated rings. The number of nitrogens with one attached hydrogen (secondary N) is 1. The van der Waals surface area contributed by atoms with Crippen LogP contribution >= 0.6 is 0 Å². The van der Waals surface area contributed by atoms with Gasteiger partial charge in [0.15, 0.2) is 0 Å². The van der Waals surface area contributed by atoms with E-state index < -0.39 is 45.6 Å². The molecule has 29 heavy (non-hydrogen) atoms. The van der Waals surface area contributed by atoms with Crippen LogP contribution in [0.1, 0.15) is 47.1 Å². The van der Waals surface area contributed by atoms with Crippen molar-refractivity contribution >= 4 is 21.8 Å². The van der Waals surface area contributed by atoms with Crippen LogP contribution in [-0.4, -0.2) is 36.6 Å². The van der Waals surface area contributed by atoms with Crippen LogP contribution in [0.15, 0.2) is 41.3 Å². The van der Waals surface area contributed by atoms with Gasteiger partial charge in [0.2, 0.25) is 0 Å². The fourth-order valence-corrected chi connectivity index (χ4v) is 5.08. The molecule has 1 unspecified atom stereocenters. The number of amides is 2. The summed E-state index contributed by atoms with van der Waals surface area (Å²) in [5.41, 5.74) is -0.0988. The molecule has 0 aromatic heterocycles. The number of sulfonamides is 1. The number of halogens is 2. The molecule has 1 N–H and O–H groups in total. The number of benzene rings is 2. The number of fused-ring (bicyclic) bond motifs is 1. The molecule has 1 aliphatic heterocycles. The maximum atomic E-state index is 13.8. The van der Waals surface area contributed by atoms with Crippen molar-refractivity contribution in [2.45, 2.75) is 44.2 Å². The summed E-state index contributed by atoms with van der Waals surface area (Å²) >= 11 is 0. The smallest absolute Gasteiger partial charge is 0.269 e. The zero-order chi connectivity index (χ0) is 21.5. The van der Waals surface area contributed by atoms with Gasteiger partial charge in [-0.25, -0.2) is 21.5 Å². The van der Waals surface area contributed by atoms with Gasteiger partial charge in [0.05, 0.1) is 5.56 Å². The second-order valence-electron chi connectivity index (χ2n) is 7.19. The van der Waals surface area contributed by atoms with Crippen molar-refractivity contribution in [2.24, 2.45) is 0 Å². The van der Waals surface area contributed by atoms with E-state index in [1.54, 1.807) is 20.8 Å². The van der Waals surface area contributed by atoms with Gasteiger partial charge >= 0.3 is 0 Å². The van der Waals surface area contributed by atoms with E-state index in [0.717, 1.165) is 22.5 Å². The Balaban J connectivity index is 1.82. The van der Waals surface area contributed by atoms with Crippen LogP contribution in [0.2, 0.25) is 0 Å². The highest BCUT2D eigenvalue weighted by atomic mass is 32.2. The summed E-state index contributed by atoms with van der Waals surface area (Å²) < 4.78 is 53.6. The molecule has 0 aliphatic carbocycles. The Morgan fingerprint density at radius 3 is 2.31 bits per heavy atom. The van der Waals surface area contributed by atoms with Crippen LogP contribution in [-0.2, 0) is 16.4 Å². The van der Waals surface area contributed by atoms with Crippen molar-refractivity contribution in [3.63, 3.8) is 0 Å². The molecule has 1 heterocycles. The number of carbonyl (C=O) groups is 2. The minimum absolute atomic E-state index is 0.0109. The van der Waals surface area contributed by atoms with E-state index >= 15 is 0 Å². The molecule has 9 heteroatoms. The first-order valence-corrected chi connectivity index (χ1v) is 10.4. The molecule has 2 aromatic rings. The zero-order valence-electron chi connectivity index (χ0n) is 16.1. The summed E-state index contributed by atoms with van der Waals surface area (Å²) in [6, 6.07) is 6.14. The van der Waals surface area contributed by atoms with Crippen molar-refractivity contribution in [1.29, 1.82) is 0 Å². The Morgan fingerprint density at radius 1 is 1.10 bits per heavy atom. The van der Waals surface area contributed by atoms with Crippen molar-refractivity contribution in [3.05, 3.63) is 64.7 Å². The molecule has 0 bridgehead atoms. The quantitative estimate of drug-likeness (QED) is 0.803. The van der Waals surface area contributed by atoms with Crippen LogP contribution in [0.3, 0.4) is 0 Å². The van der Waals surface area contributed by atoms with E-state index in [9.17, 15) is 26.8 Å². The molecule has 1 atom stereocenters. The molecule has 0 radical (unpaired) electrons. The zero-order valence-corrected chi connectivity index (χ0v) is 16.9. The Hall–Kier alpha value is -2.81. The number of hydrogen-bond acceptors (Lipinski definition) is 4. The first-order chi connectivity index (χ1) is 13.5. The molecule has 6 nitrogen and oxygen atoms in total. The molecule has 1 aliphatic rings. The molecule has 0 saturated heterocycles. The molecule has 0 spiro atoms. The van der Waals surface area contributed by atoms with Crippen molar-refractivity contribution < 1.29 is 26.8 Å². The average molecular weight is 422 g/mol. The fraction of sp³-hybridized carbons (Fsp3) is 0.300. The minimum Gasteiger partial charge on any atom is -0.349 e. The van der Waals surface area contributed by atoms with Gasteiger partial charge in [-0.05, 0) is 57.5 Å². The van der Waals surface area contributed by atoms with Crippen molar-refractivity contribution in [2.75, 3.05) is 0 Å². The Kier molecular flexibility index (Phi) is 5.44. The van der Waals surface area contributed by atoms with Gasteiger partial charge < -0.3 is 5.32 Å². The van der Waals surface area contributed by atoms with Crippen molar-refractivity contribution in [1.82, 2.24) is 9.62 Å². The van der Waals surface area contributed by atoms with Gasteiger partial charge in [0.1, 0.15) is 16.5 Å². The lowest BCUT2D eigenvalue weighted by atomic mass is 10.0. The van der Waals surface area contributed by atoms with Crippen LogP contribution < -0.4 is 5.32 Å². The van der Waals surface area contributed by atoms with Gasteiger partial charge in [0.25, 0.3) is 21.8 Å². The highest BCUT2D eigenvalue weighted by Gasteiger charge is 2.42. The van der Waals surface area contributed by atoms with Gasteiger partial charge in [-0.15, -0.1) is 0 Å². The van der Waals surface area contributed by atoms with E-state index in [0.29, 0.717) is 0 Å². The summed E-state index contributed by atoms with van der Waals surface area (Å²) in [4.78, 5) is 24.7. The summed E-state index contributed by atoms with van der Waals surface area (Å²) in [5, 5.41) is 2.60. The van der Waals surface area contributed by atoms with Crippen LogP contribution in [0.4, 0.5) is 8.78 Å². The molecule has 0 saturated carbocycles. The third-order valence-electron chi connectivity index (χ3n) is 4.63. The minimum atomic E-state index is -4.03. The molecule has 2 amide bonds. The number of rotatable bonds is 5. The SMILES string of the molecule is CC(Cc1c(F)cccc1F)NC(=O)c1ccc2c(c1)S(=O)(=O)N(C(C)C)C2=O. The lowest BCUT2D eigenvalue weighted by Gasteiger charge is -2.18. The van der Waals surface area contributed by atoms with Gasteiger partial charge in [-0.3, -0.25) is 9.59 Å². The highest BCUT2D eigenvalue weighted by Crippen LogP contribution is 2.32. The standard InChI is InChI=1S/C20H20F2N2O4S/c1-11(2)24-20(26)14-8-7-13(10-18(14)29(24,27)28)19(25)23-12(3)9-15-16(21)5-4-6-17(15)22/h4-8,10-12H,9H2,1-3H3,(H,23,25). The van der Waals surface area contributed by atoms with Gasteiger partial charge in [-0.2, -0.15) is 0 Å². The maximum Gasteiger partial charge on any atom is 0.269 e. The van der Waals surface area contributed by atoms with Crippen LogP contribution in [0, 0.1) is 11.6 Å². The number of nitrogens with zero attached hydrogens (tertiary/aromatic N) is 1. The van der Waals surface area contributed by atoms with E-state index in [2.05, 4.69) is 5.32 Å². The topological polar surface area (TPSA) is 83.6 Å². The molecular weight excluding hydrogens is 402 g/mol. The number of carbonyl (C=O) groups excluding carboxylic acids is 2. The van der Waals surface area contributed by atoms with E-state index in [4.69, 9.17) is 0 Å². The van der Waals surface area contributed by atoms with Crippen LogP contribution in [0.5, 0.6) is 0 Å². The predicted octanol–water partition coefficient (Wildman–Crippen LogP) is 2.88. The fourth-order valence-electron chi connectivity index (χ4n) is 3.29. The Bertz CT molecular complexity index is 1080. The van der Waals surface area contributed by atoms with Gasteiger partial charge in [-0.1, -0.05) is 6.07 Å². The Labute approximate surface area is 167 Å². The van der Waals surface area contributed by atoms with Crippen LogP contribution in [0.25, 0.3) is 0 Å². The first kappa shape index (κ1) is 20.9. The summed E-state index contributed by atoms with van der Waals surface area (Å²) in [7, 11) is -4.03. The van der Waals surface area contributed by atoms with Crippen molar-refractivity contribution in [3.8, 4) is 0 Å². The second kappa shape index (κ2) is 7.55. The van der Waals surface area contributed by atoms with Gasteiger partial charge in [0, 0.05) is 23.2 Å². The lowest BCUT2D eigenvalue weighted by Crippen LogP contribution is -2.36. The molecule has 3 rings (SSSR count). The lowest BCUT2D eigenvalue weighted by molar-refractivity contribution is 0.0845. The van der Waals surface area contributed by atoms with E-state index in [1.807, 2.05) is 0 Å². The normalized spacial score (nSPS) is 16.1. The highest BCUT2D eigenvalue weighted by molar-refractivity contribution is 7.90. The molecular formula is C20H20F2N2O4S. The number of hydrogen-bond donors (Lipinski definition) is 1. The largest absolute Gasteiger partial charge is 0.349 e. The van der Waals surface area contributed by atoms with E-state index in [1.165, 1.54) is 18.2 Å². The Morgan fingerprint density at radius 2 is 1.72 bits per heavy atom. The maximum absolute atomic E-state index is 13.8. The summed E-state index contributed by atoms with van der Waals surface area (Å²) in [6.45, 7) is 4.74. The molecule has 154 valence electrons. The third-order valence-corrected chi connectivity index (χ3v) is 6.63. The summed E-state index contributed by atoms with van der Waals surface area (Å²) in [5.74, 6) is -2.66. The average Bonchev–Trinajstić information content (AvgIpc) is 2.83. The molecule has 2 aromatic carbocycles. The second-order valence-corrected chi connectivity index (χ2v) is 8.97. The summed E-state index contributed by atoms with van der Waals surface area (Å²) in [6.07, 6.45) is -0.0763. The monoisotopic (exact) mass is 422 g/mol. The third kappa shape index (κ3) is 3.74. The first-order valence-electron chi connectivity index (χ1n) is 9.00.